The van der Waals surface area contributed by atoms with Crippen molar-refractivity contribution in [2.45, 2.75) is 19.6 Å². The number of likely N-dealkylation sites (N-methyl/N-ethyl adjacent to an activating group) is 1. The lowest BCUT2D eigenvalue weighted by Gasteiger charge is -2.24. The van der Waals surface area contributed by atoms with Crippen molar-refractivity contribution in [1.29, 1.82) is 0 Å². The van der Waals surface area contributed by atoms with Gasteiger partial charge in [-0.3, -0.25) is 39.7 Å². The fourth-order valence-corrected chi connectivity index (χ4v) is 2.57. The molecule has 0 aromatic carbocycles. The fourth-order valence-electron chi connectivity index (χ4n) is 2.57. The van der Waals surface area contributed by atoms with E-state index >= 15 is 0 Å². The third-order valence-corrected chi connectivity index (χ3v) is 3.85. The molecule has 3 rings (SSSR count). The lowest BCUT2D eigenvalue weighted by molar-refractivity contribution is 0.203. The first-order chi connectivity index (χ1) is 12.8. The van der Waals surface area contributed by atoms with Gasteiger partial charge in [0.2, 0.25) is 0 Å². The van der Waals surface area contributed by atoms with Crippen LogP contribution in [0.1, 0.15) is 17.1 Å². The van der Waals surface area contributed by atoms with Crippen molar-refractivity contribution in [3.8, 4) is 0 Å². The van der Waals surface area contributed by atoms with E-state index < -0.39 is 0 Å². The number of aromatic nitrogens is 6. The fraction of sp³-hybridized carbons (Fsp3) is 0.333. The first-order valence-corrected chi connectivity index (χ1v) is 8.45. The summed E-state index contributed by atoms with van der Waals surface area (Å²) in [5, 5.41) is 0. The third kappa shape index (κ3) is 5.91. The molecule has 0 amide bonds. The minimum absolute atomic E-state index is 0.712. The van der Waals surface area contributed by atoms with Gasteiger partial charge in [0.15, 0.2) is 0 Å². The van der Waals surface area contributed by atoms with Crippen LogP contribution in [0.15, 0.2) is 55.8 Å². The summed E-state index contributed by atoms with van der Waals surface area (Å²) in [6, 6.07) is 0. The lowest BCUT2D eigenvalue weighted by atomic mass is 10.3. The Kier molecular flexibility index (Phi) is 6.63. The van der Waals surface area contributed by atoms with E-state index in [9.17, 15) is 0 Å². The number of hydrogen-bond acceptors (Lipinski definition) is 8. The second-order valence-electron chi connectivity index (χ2n) is 6.04. The Balaban J connectivity index is 1.59. The molecule has 0 aliphatic carbocycles. The number of nitrogens with zero attached hydrogens (tertiary/aromatic N) is 8. The van der Waals surface area contributed by atoms with Crippen molar-refractivity contribution in [2.75, 3.05) is 20.1 Å². The molecule has 3 heterocycles. The van der Waals surface area contributed by atoms with E-state index in [2.05, 4.69) is 46.8 Å². The predicted molar refractivity (Wildman–Crippen MR) is 96.5 cm³/mol. The van der Waals surface area contributed by atoms with Crippen LogP contribution in [-0.2, 0) is 19.6 Å². The molecule has 0 bridgehead atoms. The molecule has 0 unspecified atom stereocenters. The zero-order chi connectivity index (χ0) is 18.0. The Morgan fingerprint density at radius 3 is 1.50 bits per heavy atom. The second-order valence-corrected chi connectivity index (χ2v) is 6.04. The van der Waals surface area contributed by atoms with E-state index in [1.807, 2.05) is 0 Å². The predicted octanol–water partition coefficient (Wildman–Crippen LogP) is 1.19. The molecule has 8 nitrogen and oxygen atoms in total. The molecule has 0 spiro atoms. The Bertz CT molecular complexity index is 712. The van der Waals surface area contributed by atoms with Crippen LogP contribution in [-0.4, -0.2) is 59.8 Å². The molecular formula is C18H22N8. The van der Waals surface area contributed by atoms with Crippen molar-refractivity contribution < 1.29 is 0 Å². The van der Waals surface area contributed by atoms with Crippen LogP contribution in [0, 0.1) is 0 Å². The molecule has 0 fully saturated rings. The van der Waals surface area contributed by atoms with Crippen LogP contribution in [0.2, 0.25) is 0 Å². The average molecular weight is 350 g/mol. The number of rotatable bonds is 9. The van der Waals surface area contributed by atoms with E-state index in [-0.39, 0.29) is 0 Å². The molecule has 0 radical (unpaired) electrons. The van der Waals surface area contributed by atoms with Gasteiger partial charge in [-0.1, -0.05) is 0 Å². The minimum atomic E-state index is 0.712. The first kappa shape index (κ1) is 18.0. The Labute approximate surface area is 153 Å². The standard InChI is InChI=1S/C18H22N8/c1-25(13-16-10-19-2-5-22-16)8-9-26(14-17-11-20-3-6-23-17)15-18-12-21-4-7-24-18/h2-7,10-12H,8-9,13-15H2,1H3. The van der Waals surface area contributed by atoms with Gasteiger partial charge in [-0.25, -0.2) is 0 Å². The molecule has 3 aromatic rings. The summed E-state index contributed by atoms with van der Waals surface area (Å²) in [4.78, 5) is 30.0. The minimum Gasteiger partial charge on any atom is -0.299 e. The van der Waals surface area contributed by atoms with Crippen molar-refractivity contribution in [3.05, 3.63) is 72.9 Å². The van der Waals surface area contributed by atoms with Crippen LogP contribution < -0.4 is 0 Å². The van der Waals surface area contributed by atoms with Crippen LogP contribution in [0.3, 0.4) is 0 Å². The summed E-state index contributed by atoms with van der Waals surface area (Å²) in [6.45, 7) is 3.94. The zero-order valence-electron chi connectivity index (χ0n) is 14.8. The van der Waals surface area contributed by atoms with Gasteiger partial charge in [0, 0.05) is 88.5 Å². The van der Waals surface area contributed by atoms with E-state index in [1.54, 1.807) is 55.8 Å². The molecule has 0 saturated carbocycles. The molecule has 0 atom stereocenters. The molecule has 3 aromatic heterocycles. The van der Waals surface area contributed by atoms with Gasteiger partial charge in [-0.15, -0.1) is 0 Å². The summed E-state index contributed by atoms with van der Waals surface area (Å²) >= 11 is 0. The largest absolute Gasteiger partial charge is 0.299 e. The second kappa shape index (κ2) is 9.59. The van der Waals surface area contributed by atoms with E-state index in [1.165, 1.54) is 0 Å². The SMILES string of the molecule is CN(CCN(Cc1cnccn1)Cc1cnccn1)Cc1cnccn1. The van der Waals surface area contributed by atoms with Gasteiger partial charge in [0.05, 0.1) is 17.1 Å². The van der Waals surface area contributed by atoms with E-state index in [0.717, 1.165) is 36.7 Å². The van der Waals surface area contributed by atoms with Gasteiger partial charge in [-0.05, 0) is 7.05 Å². The highest BCUT2D eigenvalue weighted by Crippen LogP contribution is 2.06. The normalized spacial score (nSPS) is 11.2. The molecule has 26 heavy (non-hydrogen) atoms. The third-order valence-electron chi connectivity index (χ3n) is 3.85. The maximum absolute atomic E-state index is 4.38. The van der Waals surface area contributed by atoms with Gasteiger partial charge < -0.3 is 0 Å². The van der Waals surface area contributed by atoms with Crippen molar-refractivity contribution >= 4 is 0 Å². The topological polar surface area (TPSA) is 83.8 Å². The van der Waals surface area contributed by atoms with Gasteiger partial charge >= 0.3 is 0 Å². The summed E-state index contributed by atoms with van der Waals surface area (Å²) in [7, 11) is 2.08. The Hall–Kier alpha value is -2.84. The maximum atomic E-state index is 4.38. The van der Waals surface area contributed by atoms with E-state index in [4.69, 9.17) is 0 Å². The molecular weight excluding hydrogens is 328 g/mol. The maximum Gasteiger partial charge on any atom is 0.0726 e. The van der Waals surface area contributed by atoms with Crippen LogP contribution in [0.4, 0.5) is 0 Å². The van der Waals surface area contributed by atoms with Crippen molar-refractivity contribution in [1.82, 2.24) is 39.7 Å². The summed E-state index contributed by atoms with van der Waals surface area (Å²) in [5.74, 6) is 0. The smallest absolute Gasteiger partial charge is 0.0726 e. The number of hydrogen-bond donors (Lipinski definition) is 0. The Morgan fingerprint density at radius 2 is 1.08 bits per heavy atom. The van der Waals surface area contributed by atoms with Crippen molar-refractivity contribution in [3.63, 3.8) is 0 Å². The van der Waals surface area contributed by atoms with Crippen molar-refractivity contribution in [2.24, 2.45) is 0 Å². The van der Waals surface area contributed by atoms with Crippen LogP contribution in [0.5, 0.6) is 0 Å². The van der Waals surface area contributed by atoms with Gasteiger partial charge in [-0.2, -0.15) is 0 Å². The highest BCUT2D eigenvalue weighted by atomic mass is 15.2. The lowest BCUT2D eigenvalue weighted by Crippen LogP contribution is -2.33. The quantitative estimate of drug-likeness (QED) is 0.569. The highest BCUT2D eigenvalue weighted by molar-refractivity contribution is 4.98. The molecule has 0 N–H and O–H groups in total. The van der Waals surface area contributed by atoms with E-state index in [0.29, 0.717) is 13.1 Å². The molecule has 0 aliphatic heterocycles. The molecule has 0 aliphatic rings. The summed E-state index contributed by atoms with van der Waals surface area (Å²) < 4.78 is 0. The summed E-state index contributed by atoms with van der Waals surface area (Å²) in [6.07, 6.45) is 15.6. The average Bonchev–Trinajstić information content (AvgIpc) is 2.68. The van der Waals surface area contributed by atoms with Crippen LogP contribution >= 0.6 is 0 Å². The summed E-state index contributed by atoms with van der Waals surface area (Å²) in [5.41, 5.74) is 2.84. The van der Waals surface area contributed by atoms with Crippen LogP contribution in [0.25, 0.3) is 0 Å². The molecule has 0 saturated heterocycles. The Morgan fingerprint density at radius 1 is 0.615 bits per heavy atom. The highest BCUT2D eigenvalue weighted by Gasteiger charge is 2.11. The van der Waals surface area contributed by atoms with Gasteiger partial charge in [0.1, 0.15) is 0 Å². The molecule has 8 heteroatoms. The molecule has 134 valence electrons. The van der Waals surface area contributed by atoms with Gasteiger partial charge in [0.25, 0.3) is 0 Å². The monoisotopic (exact) mass is 350 g/mol. The zero-order valence-corrected chi connectivity index (χ0v) is 14.8. The first-order valence-electron chi connectivity index (χ1n) is 8.45.